The number of carboxylic acid groups (broad SMARTS) is 1. The van der Waals surface area contributed by atoms with E-state index in [-0.39, 0.29) is 18.0 Å². The number of benzene rings is 1. The van der Waals surface area contributed by atoms with Crippen molar-refractivity contribution in [1.29, 1.82) is 0 Å². The fourth-order valence-corrected chi connectivity index (χ4v) is 2.24. The third-order valence-electron chi connectivity index (χ3n) is 3.09. The van der Waals surface area contributed by atoms with Gasteiger partial charge in [-0.15, -0.1) is 0 Å². The molecule has 1 amide bonds. The molecule has 0 bridgehead atoms. The van der Waals surface area contributed by atoms with Crippen molar-refractivity contribution in [3.05, 3.63) is 28.8 Å². The Labute approximate surface area is 123 Å². The van der Waals surface area contributed by atoms with E-state index in [4.69, 9.17) is 16.7 Å². The maximum absolute atomic E-state index is 12.0. The topological polar surface area (TPSA) is 60.9 Å². The minimum absolute atomic E-state index is 0.0101. The van der Waals surface area contributed by atoms with Crippen molar-refractivity contribution in [1.82, 2.24) is 4.90 Å². The van der Waals surface area contributed by atoms with Gasteiger partial charge in [0.1, 0.15) is 0 Å². The van der Waals surface area contributed by atoms with E-state index < -0.39 is 5.97 Å². The second-order valence-corrected chi connectivity index (χ2v) is 4.80. The molecule has 20 heavy (non-hydrogen) atoms. The SMILES string of the molecule is CCN(CC)C(=O)CN(C)c1ccc(C(=O)O)cc1Cl. The number of halogens is 1. The summed E-state index contributed by atoms with van der Waals surface area (Å²) >= 11 is 6.07. The van der Waals surface area contributed by atoms with E-state index in [1.807, 2.05) is 13.8 Å². The van der Waals surface area contributed by atoms with Crippen LogP contribution in [0.25, 0.3) is 0 Å². The summed E-state index contributed by atoms with van der Waals surface area (Å²) in [5.41, 5.74) is 0.763. The average Bonchev–Trinajstić information content (AvgIpc) is 2.39. The van der Waals surface area contributed by atoms with Gasteiger partial charge in [-0.05, 0) is 32.0 Å². The zero-order chi connectivity index (χ0) is 15.3. The molecule has 0 spiro atoms. The first kappa shape index (κ1) is 16.3. The van der Waals surface area contributed by atoms with E-state index in [2.05, 4.69) is 0 Å². The number of amides is 1. The van der Waals surface area contributed by atoms with E-state index in [0.717, 1.165) is 0 Å². The molecule has 0 heterocycles. The van der Waals surface area contributed by atoms with Crippen molar-refractivity contribution >= 4 is 29.2 Å². The molecule has 1 rings (SSSR count). The van der Waals surface area contributed by atoms with Crippen LogP contribution < -0.4 is 4.90 Å². The zero-order valence-electron chi connectivity index (χ0n) is 11.9. The molecule has 6 heteroatoms. The Morgan fingerprint density at radius 3 is 2.30 bits per heavy atom. The fraction of sp³-hybridized carbons (Fsp3) is 0.429. The van der Waals surface area contributed by atoms with Gasteiger partial charge < -0.3 is 14.9 Å². The lowest BCUT2D eigenvalue weighted by Gasteiger charge is -2.25. The van der Waals surface area contributed by atoms with Crippen molar-refractivity contribution < 1.29 is 14.7 Å². The number of nitrogens with zero attached hydrogens (tertiary/aromatic N) is 2. The van der Waals surface area contributed by atoms with Crippen molar-refractivity contribution in [3.8, 4) is 0 Å². The fourth-order valence-electron chi connectivity index (χ4n) is 1.91. The van der Waals surface area contributed by atoms with E-state index in [1.165, 1.54) is 12.1 Å². The van der Waals surface area contributed by atoms with Crippen molar-refractivity contribution in [2.24, 2.45) is 0 Å². The van der Waals surface area contributed by atoms with Crippen LogP contribution in [0.3, 0.4) is 0 Å². The first-order chi connectivity index (χ1) is 9.40. The minimum Gasteiger partial charge on any atom is -0.478 e. The molecule has 5 nitrogen and oxygen atoms in total. The highest BCUT2D eigenvalue weighted by atomic mass is 35.5. The van der Waals surface area contributed by atoms with Gasteiger partial charge in [0.05, 0.1) is 22.8 Å². The smallest absolute Gasteiger partial charge is 0.335 e. The minimum atomic E-state index is -1.03. The molecule has 0 aliphatic carbocycles. The Morgan fingerprint density at radius 1 is 1.25 bits per heavy atom. The molecule has 0 aliphatic rings. The number of carboxylic acids is 1. The number of carbonyl (C=O) groups is 2. The molecule has 0 fully saturated rings. The summed E-state index contributed by atoms with van der Waals surface area (Å²) in [7, 11) is 1.75. The molecule has 0 aromatic heterocycles. The maximum Gasteiger partial charge on any atom is 0.335 e. The summed E-state index contributed by atoms with van der Waals surface area (Å²) < 4.78 is 0. The summed E-state index contributed by atoms with van der Waals surface area (Å²) in [5, 5.41) is 9.21. The summed E-state index contributed by atoms with van der Waals surface area (Å²) in [6, 6.07) is 4.47. The molecule has 1 aromatic carbocycles. The first-order valence-corrected chi connectivity index (χ1v) is 6.80. The Bertz CT molecular complexity index is 501. The monoisotopic (exact) mass is 298 g/mol. The van der Waals surface area contributed by atoms with Crippen molar-refractivity contribution in [2.75, 3.05) is 31.6 Å². The van der Waals surface area contributed by atoms with Gasteiger partial charge in [0.25, 0.3) is 0 Å². The number of anilines is 1. The summed E-state index contributed by atoms with van der Waals surface area (Å²) in [4.78, 5) is 26.3. The van der Waals surface area contributed by atoms with Crippen molar-refractivity contribution in [3.63, 3.8) is 0 Å². The number of hydrogen-bond donors (Lipinski definition) is 1. The molecule has 110 valence electrons. The predicted molar refractivity (Wildman–Crippen MR) is 79.6 cm³/mol. The van der Waals surface area contributed by atoms with Crippen LogP contribution in [-0.2, 0) is 4.79 Å². The molecule has 0 saturated carbocycles. The third kappa shape index (κ3) is 3.87. The largest absolute Gasteiger partial charge is 0.478 e. The van der Waals surface area contributed by atoms with Gasteiger partial charge in [0, 0.05) is 20.1 Å². The molecular formula is C14H19ClN2O3. The second-order valence-electron chi connectivity index (χ2n) is 4.39. The Balaban J connectivity index is 2.85. The molecule has 1 N–H and O–H groups in total. The number of hydrogen-bond acceptors (Lipinski definition) is 3. The van der Waals surface area contributed by atoms with Crippen LogP contribution in [0, 0.1) is 0 Å². The van der Waals surface area contributed by atoms with Crippen LogP contribution in [0.1, 0.15) is 24.2 Å². The first-order valence-electron chi connectivity index (χ1n) is 6.42. The molecule has 1 aromatic rings. The summed E-state index contributed by atoms with van der Waals surface area (Å²) in [5.74, 6) is -1.02. The Morgan fingerprint density at radius 2 is 1.85 bits per heavy atom. The normalized spacial score (nSPS) is 10.2. The van der Waals surface area contributed by atoms with Gasteiger partial charge >= 0.3 is 5.97 Å². The quantitative estimate of drug-likeness (QED) is 0.876. The van der Waals surface area contributed by atoms with Gasteiger partial charge in [0.15, 0.2) is 0 Å². The molecule has 0 radical (unpaired) electrons. The van der Waals surface area contributed by atoms with Gasteiger partial charge in [-0.2, -0.15) is 0 Å². The highest BCUT2D eigenvalue weighted by Crippen LogP contribution is 2.26. The summed E-state index contributed by atoms with van der Waals surface area (Å²) in [6.07, 6.45) is 0. The van der Waals surface area contributed by atoms with Gasteiger partial charge in [0.2, 0.25) is 5.91 Å². The van der Waals surface area contributed by atoms with Crippen LogP contribution in [0.4, 0.5) is 5.69 Å². The molecular weight excluding hydrogens is 280 g/mol. The maximum atomic E-state index is 12.0. The van der Waals surface area contributed by atoms with E-state index >= 15 is 0 Å². The van der Waals surface area contributed by atoms with E-state index in [0.29, 0.717) is 23.8 Å². The van der Waals surface area contributed by atoms with Gasteiger partial charge in [-0.3, -0.25) is 4.79 Å². The van der Waals surface area contributed by atoms with Crippen LogP contribution in [0.15, 0.2) is 18.2 Å². The second kappa shape index (κ2) is 7.14. The number of aromatic carboxylic acids is 1. The van der Waals surface area contributed by atoms with E-state index in [1.54, 1.807) is 22.9 Å². The van der Waals surface area contributed by atoms with Crippen LogP contribution in [0.5, 0.6) is 0 Å². The van der Waals surface area contributed by atoms with Gasteiger partial charge in [-0.1, -0.05) is 11.6 Å². The lowest BCUT2D eigenvalue weighted by Crippen LogP contribution is -2.38. The summed E-state index contributed by atoms with van der Waals surface area (Å²) in [6.45, 7) is 5.38. The molecule has 0 unspecified atom stereocenters. The third-order valence-corrected chi connectivity index (χ3v) is 3.40. The van der Waals surface area contributed by atoms with Crippen LogP contribution >= 0.6 is 11.6 Å². The zero-order valence-corrected chi connectivity index (χ0v) is 12.6. The number of carbonyl (C=O) groups excluding carboxylic acids is 1. The number of likely N-dealkylation sites (N-methyl/N-ethyl adjacent to an activating group) is 2. The Kier molecular flexibility index (Phi) is 5.82. The predicted octanol–water partition coefficient (Wildman–Crippen LogP) is 2.34. The lowest BCUT2D eigenvalue weighted by atomic mass is 10.2. The Hall–Kier alpha value is -1.75. The van der Waals surface area contributed by atoms with Crippen LogP contribution in [-0.4, -0.2) is 48.6 Å². The van der Waals surface area contributed by atoms with Crippen LogP contribution in [0.2, 0.25) is 5.02 Å². The lowest BCUT2D eigenvalue weighted by molar-refractivity contribution is -0.129. The highest BCUT2D eigenvalue weighted by Gasteiger charge is 2.15. The van der Waals surface area contributed by atoms with Gasteiger partial charge in [-0.25, -0.2) is 4.79 Å². The highest BCUT2D eigenvalue weighted by molar-refractivity contribution is 6.33. The van der Waals surface area contributed by atoms with Crippen molar-refractivity contribution in [2.45, 2.75) is 13.8 Å². The number of rotatable bonds is 6. The average molecular weight is 299 g/mol. The van der Waals surface area contributed by atoms with E-state index in [9.17, 15) is 9.59 Å². The molecule has 0 saturated heterocycles. The molecule has 0 atom stereocenters. The standard InChI is InChI=1S/C14H19ClN2O3/c1-4-17(5-2)13(18)9-16(3)12-7-6-10(14(19)20)8-11(12)15/h6-8H,4-5,9H2,1-3H3,(H,19,20). The molecule has 0 aliphatic heterocycles.